The van der Waals surface area contributed by atoms with Gasteiger partial charge in [-0.3, -0.25) is 14.4 Å². The van der Waals surface area contributed by atoms with Gasteiger partial charge in [-0.15, -0.1) is 11.3 Å². The number of carbonyl (C=O) groups is 4. The van der Waals surface area contributed by atoms with Crippen LogP contribution < -0.4 is 20.7 Å². The summed E-state index contributed by atoms with van der Waals surface area (Å²) in [6.07, 6.45) is -0.0192. The number of thiophene rings is 1. The maximum atomic E-state index is 13.7. The van der Waals surface area contributed by atoms with Gasteiger partial charge in [0.05, 0.1) is 37.1 Å². The summed E-state index contributed by atoms with van der Waals surface area (Å²) in [4.78, 5) is 55.2. The van der Waals surface area contributed by atoms with Crippen molar-refractivity contribution in [2.75, 3.05) is 36.2 Å². The maximum Gasteiger partial charge on any atom is 0.410 e. The second kappa shape index (κ2) is 13.4. The van der Waals surface area contributed by atoms with E-state index >= 15 is 0 Å². The van der Waals surface area contributed by atoms with Crippen molar-refractivity contribution in [1.82, 2.24) is 4.90 Å². The van der Waals surface area contributed by atoms with Crippen LogP contribution in [0.2, 0.25) is 0 Å². The van der Waals surface area contributed by atoms with Crippen LogP contribution in [0.4, 0.5) is 21.2 Å². The highest BCUT2D eigenvalue weighted by molar-refractivity contribution is 7.17. The van der Waals surface area contributed by atoms with E-state index in [0.29, 0.717) is 46.2 Å². The first-order valence-electron chi connectivity index (χ1n) is 14.1. The molecule has 1 aliphatic rings. The Kier molecular flexibility index (Phi) is 9.25. The predicted molar refractivity (Wildman–Crippen MR) is 170 cm³/mol. The fraction of sp³-hybridized carbons (Fsp3) is 0.212. The van der Waals surface area contributed by atoms with Crippen molar-refractivity contribution in [3.8, 4) is 5.75 Å². The lowest BCUT2D eigenvalue weighted by Gasteiger charge is -2.26. The highest BCUT2D eigenvalue weighted by Crippen LogP contribution is 2.38. The minimum atomic E-state index is -0.496. The van der Waals surface area contributed by atoms with Crippen LogP contribution in [0.25, 0.3) is 0 Å². The molecule has 0 fully saturated rings. The molecule has 4 amide bonds. The van der Waals surface area contributed by atoms with Gasteiger partial charge in [-0.25, -0.2) is 4.79 Å². The number of ether oxygens (including phenoxy) is 2. The molecule has 3 aromatic carbocycles. The van der Waals surface area contributed by atoms with Crippen LogP contribution in [0, 0.1) is 6.92 Å². The molecule has 0 atom stereocenters. The Morgan fingerprint density at radius 1 is 0.886 bits per heavy atom. The molecule has 10 nitrogen and oxygen atoms in total. The van der Waals surface area contributed by atoms with Gasteiger partial charge in [-0.05, 0) is 74.4 Å². The monoisotopic (exact) mass is 612 g/mol. The molecule has 44 heavy (non-hydrogen) atoms. The Balaban J connectivity index is 1.44. The quantitative estimate of drug-likeness (QED) is 0.213. The number of fused-ring (bicyclic) bond motifs is 1. The van der Waals surface area contributed by atoms with Gasteiger partial charge < -0.3 is 30.3 Å². The number of para-hydroxylation sites is 1. The van der Waals surface area contributed by atoms with Gasteiger partial charge in [0.2, 0.25) is 0 Å². The lowest BCUT2D eigenvalue weighted by molar-refractivity contribution is 0.101. The van der Waals surface area contributed by atoms with E-state index in [1.165, 1.54) is 11.3 Å². The zero-order valence-electron chi connectivity index (χ0n) is 24.6. The minimum Gasteiger partial charge on any atom is -0.497 e. The molecule has 0 spiro atoms. The van der Waals surface area contributed by atoms with Gasteiger partial charge in [0.25, 0.3) is 17.7 Å². The van der Waals surface area contributed by atoms with Crippen molar-refractivity contribution in [3.63, 3.8) is 0 Å². The maximum absolute atomic E-state index is 13.7. The summed E-state index contributed by atoms with van der Waals surface area (Å²) in [7, 11) is 1.56. The molecule has 226 valence electrons. The van der Waals surface area contributed by atoms with Crippen molar-refractivity contribution < 1.29 is 28.7 Å². The SMILES string of the molecule is CCOC(=O)N1CCc2c(sc(NC(=O)c3ccccc3NC(=O)c3cccc(C)c3)c2C(=O)Nc2ccc(OC)cc2)C1. The number of nitrogens with one attached hydrogen (secondary N) is 3. The van der Waals surface area contributed by atoms with Crippen LogP contribution in [0.5, 0.6) is 5.75 Å². The van der Waals surface area contributed by atoms with E-state index in [1.54, 1.807) is 85.7 Å². The third kappa shape index (κ3) is 6.73. The van der Waals surface area contributed by atoms with Crippen LogP contribution in [-0.2, 0) is 17.7 Å². The van der Waals surface area contributed by atoms with Gasteiger partial charge in [0.1, 0.15) is 10.8 Å². The summed E-state index contributed by atoms with van der Waals surface area (Å²) in [6, 6.07) is 20.8. The average molecular weight is 613 g/mol. The fourth-order valence-corrected chi connectivity index (χ4v) is 6.17. The van der Waals surface area contributed by atoms with Crippen molar-refractivity contribution in [3.05, 3.63) is 105 Å². The average Bonchev–Trinajstić information content (AvgIpc) is 3.38. The van der Waals surface area contributed by atoms with Gasteiger partial charge >= 0.3 is 6.09 Å². The van der Waals surface area contributed by atoms with E-state index in [-0.39, 0.29) is 24.6 Å². The number of carbonyl (C=O) groups excluding carboxylic acids is 4. The highest BCUT2D eigenvalue weighted by Gasteiger charge is 2.31. The molecule has 0 radical (unpaired) electrons. The standard InChI is InChI=1S/C33H32N4O6S/c1-4-43-33(41)37-17-16-25-27(19-37)44-32(28(25)31(40)34-22-12-14-23(42-3)15-13-22)36-30(39)24-10-5-6-11-26(24)35-29(38)21-9-7-8-20(2)18-21/h5-15,18H,4,16-17,19H2,1-3H3,(H,34,40)(H,35,38)(H,36,39). The van der Waals surface area contributed by atoms with Crippen molar-refractivity contribution in [1.29, 1.82) is 0 Å². The number of hydrogen-bond donors (Lipinski definition) is 3. The summed E-state index contributed by atoms with van der Waals surface area (Å²) in [5, 5.41) is 9.01. The molecule has 11 heteroatoms. The number of methoxy groups -OCH3 is 1. The summed E-state index contributed by atoms with van der Waals surface area (Å²) >= 11 is 1.24. The lowest BCUT2D eigenvalue weighted by Crippen LogP contribution is -2.36. The third-order valence-corrected chi connectivity index (χ3v) is 8.22. The van der Waals surface area contributed by atoms with Gasteiger partial charge in [0, 0.05) is 22.7 Å². The zero-order valence-corrected chi connectivity index (χ0v) is 25.4. The smallest absolute Gasteiger partial charge is 0.410 e. The molecule has 0 saturated carbocycles. The topological polar surface area (TPSA) is 126 Å². The van der Waals surface area contributed by atoms with E-state index < -0.39 is 17.9 Å². The van der Waals surface area contributed by atoms with Crippen LogP contribution in [0.15, 0.2) is 72.8 Å². The second-order valence-corrected chi connectivity index (χ2v) is 11.2. The molecule has 2 heterocycles. The largest absolute Gasteiger partial charge is 0.497 e. The molecule has 0 unspecified atom stereocenters. The van der Waals surface area contributed by atoms with Crippen LogP contribution in [0.1, 0.15) is 54.0 Å². The summed E-state index contributed by atoms with van der Waals surface area (Å²) in [6.45, 7) is 4.51. The van der Waals surface area contributed by atoms with E-state index in [2.05, 4.69) is 16.0 Å². The first kappa shape index (κ1) is 30.3. The number of aryl methyl sites for hydroxylation is 1. The molecular weight excluding hydrogens is 580 g/mol. The van der Waals surface area contributed by atoms with Crippen LogP contribution in [0.3, 0.4) is 0 Å². The normalized spacial score (nSPS) is 12.1. The van der Waals surface area contributed by atoms with E-state index in [4.69, 9.17) is 9.47 Å². The van der Waals surface area contributed by atoms with E-state index in [1.807, 2.05) is 13.0 Å². The first-order chi connectivity index (χ1) is 21.3. The van der Waals surface area contributed by atoms with E-state index in [9.17, 15) is 19.2 Å². The van der Waals surface area contributed by atoms with Crippen LogP contribution in [-0.4, -0.2) is 49.0 Å². The third-order valence-electron chi connectivity index (χ3n) is 7.09. The Hall–Kier alpha value is -5.16. The Morgan fingerprint density at radius 3 is 2.39 bits per heavy atom. The molecule has 0 bridgehead atoms. The first-order valence-corrected chi connectivity index (χ1v) is 14.9. The van der Waals surface area contributed by atoms with Gasteiger partial charge in [-0.2, -0.15) is 0 Å². The number of hydrogen-bond acceptors (Lipinski definition) is 7. The summed E-state index contributed by atoms with van der Waals surface area (Å²) in [5.74, 6) is -0.590. The number of amides is 4. The Morgan fingerprint density at radius 2 is 1.66 bits per heavy atom. The van der Waals surface area contributed by atoms with Crippen LogP contribution >= 0.6 is 11.3 Å². The fourth-order valence-electron chi connectivity index (χ4n) is 4.91. The van der Waals surface area contributed by atoms with Crippen molar-refractivity contribution in [2.45, 2.75) is 26.8 Å². The van der Waals surface area contributed by atoms with Gasteiger partial charge in [0.15, 0.2) is 0 Å². The molecular formula is C33H32N4O6S. The molecule has 4 aromatic rings. The second-order valence-electron chi connectivity index (χ2n) is 10.1. The number of nitrogens with zero attached hydrogens (tertiary/aromatic N) is 1. The molecule has 1 aliphatic heterocycles. The number of anilines is 3. The zero-order chi connectivity index (χ0) is 31.2. The van der Waals surface area contributed by atoms with Crippen molar-refractivity contribution >= 4 is 51.5 Å². The number of rotatable bonds is 8. The van der Waals surface area contributed by atoms with Gasteiger partial charge in [-0.1, -0.05) is 29.8 Å². The molecule has 5 rings (SSSR count). The highest BCUT2D eigenvalue weighted by atomic mass is 32.1. The summed E-state index contributed by atoms with van der Waals surface area (Å²) in [5.41, 5.74) is 3.62. The Bertz CT molecular complexity index is 1720. The Labute approximate surface area is 259 Å². The minimum absolute atomic E-state index is 0.231. The van der Waals surface area contributed by atoms with E-state index in [0.717, 1.165) is 16.0 Å². The summed E-state index contributed by atoms with van der Waals surface area (Å²) < 4.78 is 10.4. The molecule has 0 saturated heterocycles. The van der Waals surface area contributed by atoms with Crippen molar-refractivity contribution in [2.24, 2.45) is 0 Å². The number of benzene rings is 3. The lowest BCUT2D eigenvalue weighted by atomic mass is 10.0. The molecule has 3 N–H and O–H groups in total. The molecule has 1 aromatic heterocycles. The predicted octanol–water partition coefficient (Wildman–Crippen LogP) is 6.34. The molecule has 0 aliphatic carbocycles.